The monoisotopic (exact) mass is 330 g/mol. The average Bonchev–Trinajstić information content (AvgIpc) is 2.94. The Bertz CT molecular complexity index is 611. The molecule has 2 rings (SSSR count). The first-order chi connectivity index (χ1) is 10.1. The van der Waals surface area contributed by atoms with Gasteiger partial charge < -0.3 is 15.0 Å². The third kappa shape index (κ3) is 3.87. The van der Waals surface area contributed by atoms with Crippen molar-refractivity contribution in [2.75, 3.05) is 32.6 Å². The number of rotatable bonds is 6. The highest BCUT2D eigenvalue weighted by molar-refractivity contribution is 7.89. The Kier molecular flexibility index (Phi) is 4.96. The molecule has 0 unspecified atom stereocenters. The van der Waals surface area contributed by atoms with Crippen molar-refractivity contribution in [3.05, 3.63) is 18.2 Å². The molecule has 2 N–H and O–H groups in total. The summed E-state index contributed by atoms with van der Waals surface area (Å²) in [4.78, 5) is 4.31. The predicted octanol–water partition coefficient (Wildman–Crippen LogP) is 0.149. The number of nitrogens with two attached hydrogens (primary N) is 1. The number of aromatic nitrogens is 2. The minimum atomic E-state index is -3.37. The second-order valence-electron chi connectivity index (χ2n) is 6.90. The van der Waals surface area contributed by atoms with Crippen molar-refractivity contribution in [3.63, 3.8) is 0 Å². The molecule has 1 fully saturated rings. The lowest BCUT2D eigenvalue weighted by atomic mass is 9.98. The van der Waals surface area contributed by atoms with Crippen molar-refractivity contribution in [2.45, 2.75) is 25.8 Å². The lowest BCUT2D eigenvalue weighted by Crippen LogP contribution is -2.39. The minimum absolute atomic E-state index is 0.0511. The maximum atomic E-state index is 12.6. The third-order valence-corrected chi connectivity index (χ3v) is 6.17. The Labute approximate surface area is 132 Å². The number of sulfonamides is 1. The lowest BCUT2D eigenvalue weighted by molar-refractivity contribution is 0.117. The fraction of sp³-hybridized carbons (Fsp3) is 0.786. The largest absolute Gasteiger partial charge is 0.384 e. The number of methoxy groups -OCH3 is 1. The molecule has 1 saturated heterocycles. The van der Waals surface area contributed by atoms with Crippen LogP contribution in [0.2, 0.25) is 0 Å². The van der Waals surface area contributed by atoms with E-state index >= 15 is 0 Å². The summed E-state index contributed by atoms with van der Waals surface area (Å²) in [5.74, 6) is -0.00307. The van der Waals surface area contributed by atoms with Gasteiger partial charge in [0.2, 0.25) is 10.0 Å². The minimum Gasteiger partial charge on any atom is -0.384 e. The maximum Gasteiger partial charge on any atom is 0.214 e. The first-order valence-electron chi connectivity index (χ1n) is 7.35. The molecular formula is C14H26N4O3S. The normalized spacial score (nSPS) is 24.0. The quantitative estimate of drug-likeness (QED) is 0.802. The first kappa shape index (κ1) is 17.4. The highest BCUT2D eigenvalue weighted by atomic mass is 32.2. The standard InChI is InChI=1S/C14H26N4O3S/c1-14(2,8-21-4)9-22(19,20)18-5-11(12(15)6-18)13-7-17(3)10-16-13/h7,10-12H,5-6,8-9,15H2,1-4H3/t11-,12-/m1/s1. The highest BCUT2D eigenvalue weighted by Gasteiger charge is 2.40. The summed E-state index contributed by atoms with van der Waals surface area (Å²) in [6.45, 7) is 4.91. The van der Waals surface area contributed by atoms with Crippen molar-refractivity contribution in [1.29, 1.82) is 0 Å². The van der Waals surface area contributed by atoms with Gasteiger partial charge in [0.25, 0.3) is 0 Å². The summed E-state index contributed by atoms with van der Waals surface area (Å²) in [7, 11) is 0.100. The summed E-state index contributed by atoms with van der Waals surface area (Å²) < 4.78 is 33.7. The first-order valence-corrected chi connectivity index (χ1v) is 8.96. The Morgan fingerprint density at radius 1 is 1.45 bits per heavy atom. The molecule has 1 aromatic heterocycles. The molecule has 2 atom stereocenters. The topological polar surface area (TPSA) is 90.5 Å². The van der Waals surface area contributed by atoms with Gasteiger partial charge in [0.1, 0.15) is 0 Å². The second kappa shape index (κ2) is 6.27. The molecule has 22 heavy (non-hydrogen) atoms. The van der Waals surface area contributed by atoms with Crippen LogP contribution >= 0.6 is 0 Å². The molecule has 0 saturated carbocycles. The van der Waals surface area contributed by atoms with Gasteiger partial charge in [0, 0.05) is 50.8 Å². The molecule has 0 amide bonds. The molecule has 0 aliphatic carbocycles. The number of ether oxygens (including phenoxy) is 1. The van der Waals surface area contributed by atoms with E-state index in [0.29, 0.717) is 19.7 Å². The summed E-state index contributed by atoms with van der Waals surface area (Å²) >= 11 is 0. The number of imidazole rings is 1. The molecule has 8 heteroatoms. The molecule has 0 aromatic carbocycles. The van der Waals surface area contributed by atoms with Gasteiger partial charge in [-0.25, -0.2) is 13.4 Å². The fourth-order valence-corrected chi connectivity index (χ4v) is 5.01. The molecule has 1 aliphatic heterocycles. The molecule has 0 radical (unpaired) electrons. The van der Waals surface area contributed by atoms with Crippen LogP contribution in [0.3, 0.4) is 0 Å². The summed E-state index contributed by atoms with van der Waals surface area (Å²) in [5, 5.41) is 0. The van der Waals surface area contributed by atoms with Crippen molar-refractivity contribution in [3.8, 4) is 0 Å². The number of aryl methyl sites for hydroxylation is 1. The van der Waals surface area contributed by atoms with Gasteiger partial charge in [-0.05, 0) is 0 Å². The van der Waals surface area contributed by atoms with E-state index in [4.69, 9.17) is 10.5 Å². The second-order valence-corrected chi connectivity index (χ2v) is 8.87. The van der Waals surface area contributed by atoms with E-state index in [-0.39, 0.29) is 17.7 Å². The van der Waals surface area contributed by atoms with Crippen LogP contribution < -0.4 is 5.73 Å². The van der Waals surface area contributed by atoms with Gasteiger partial charge in [-0.2, -0.15) is 4.31 Å². The number of hydrogen-bond donors (Lipinski definition) is 1. The Hall–Kier alpha value is -0.960. The van der Waals surface area contributed by atoms with E-state index in [1.165, 1.54) is 4.31 Å². The van der Waals surface area contributed by atoms with Gasteiger partial charge in [-0.15, -0.1) is 0 Å². The van der Waals surface area contributed by atoms with Crippen LogP contribution in [0.15, 0.2) is 12.5 Å². The SMILES string of the molecule is COCC(C)(C)CS(=O)(=O)N1C[C@@H](N)[C@H](c2cn(C)cn2)C1. The van der Waals surface area contributed by atoms with Gasteiger partial charge in [0.05, 0.1) is 24.4 Å². The van der Waals surface area contributed by atoms with Crippen LogP contribution in [0.25, 0.3) is 0 Å². The van der Waals surface area contributed by atoms with Crippen molar-refractivity contribution < 1.29 is 13.2 Å². The van der Waals surface area contributed by atoms with E-state index in [0.717, 1.165) is 5.69 Å². The van der Waals surface area contributed by atoms with E-state index in [2.05, 4.69) is 4.98 Å². The Morgan fingerprint density at radius 3 is 2.68 bits per heavy atom. The van der Waals surface area contributed by atoms with Crippen LogP contribution in [-0.2, 0) is 21.8 Å². The van der Waals surface area contributed by atoms with E-state index in [1.54, 1.807) is 13.4 Å². The molecule has 7 nitrogen and oxygen atoms in total. The number of hydrogen-bond acceptors (Lipinski definition) is 5. The average molecular weight is 330 g/mol. The Balaban J connectivity index is 2.10. The summed E-state index contributed by atoms with van der Waals surface area (Å²) in [5.41, 5.74) is 6.57. The van der Waals surface area contributed by atoms with Crippen molar-refractivity contribution in [2.24, 2.45) is 18.2 Å². The van der Waals surface area contributed by atoms with Gasteiger partial charge in [0.15, 0.2) is 0 Å². The molecule has 0 bridgehead atoms. The van der Waals surface area contributed by atoms with Gasteiger partial charge in [-0.3, -0.25) is 0 Å². The third-order valence-electron chi connectivity index (χ3n) is 3.94. The molecule has 0 spiro atoms. The smallest absolute Gasteiger partial charge is 0.214 e. The molecule has 1 aliphatic rings. The van der Waals surface area contributed by atoms with E-state index in [9.17, 15) is 8.42 Å². The molecule has 126 valence electrons. The number of nitrogens with zero attached hydrogens (tertiary/aromatic N) is 3. The zero-order chi connectivity index (χ0) is 16.5. The maximum absolute atomic E-state index is 12.6. The highest BCUT2D eigenvalue weighted by Crippen LogP contribution is 2.29. The van der Waals surface area contributed by atoms with Crippen LogP contribution in [0.5, 0.6) is 0 Å². The molecule has 1 aromatic rings. The fourth-order valence-electron chi connectivity index (χ4n) is 2.97. The van der Waals surface area contributed by atoms with Crippen LogP contribution in [0, 0.1) is 5.41 Å². The lowest BCUT2D eigenvalue weighted by Gasteiger charge is -2.26. The van der Waals surface area contributed by atoms with Crippen LogP contribution in [0.4, 0.5) is 0 Å². The van der Waals surface area contributed by atoms with Gasteiger partial charge >= 0.3 is 0 Å². The zero-order valence-electron chi connectivity index (χ0n) is 13.7. The molecular weight excluding hydrogens is 304 g/mol. The van der Waals surface area contributed by atoms with Crippen LogP contribution in [-0.4, -0.2) is 60.9 Å². The summed E-state index contributed by atoms with van der Waals surface area (Å²) in [6, 6.07) is -0.227. The van der Waals surface area contributed by atoms with Crippen molar-refractivity contribution >= 4 is 10.0 Å². The molecule has 2 heterocycles. The van der Waals surface area contributed by atoms with E-state index < -0.39 is 15.4 Å². The predicted molar refractivity (Wildman–Crippen MR) is 84.9 cm³/mol. The van der Waals surface area contributed by atoms with Gasteiger partial charge in [-0.1, -0.05) is 13.8 Å². The Morgan fingerprint density at radius 2 is 2.14 bits per heavy atom. The zero-order valence-corrected chi connectivity index (χ0v) is 14.5. The van der Waals surface area contributed by atoms with E-state index in [1.807, 2.05) is 31.7 Å². The summed E-state index contributed by atoms with van der Waals surface area (Å²) in [6.07, 6.45) is 3.61. The van der Waals surface area contributed by atoms with Crippen LogP contribution in [0.1, 0.15) is 25.5 Å². The van der Waals surface area contributed by atoms with Crippen molar-refractivity contribution in [1.82, 2.24) is 13.9 Å².